The van der Waals surface area contributed by atoms with Gasteiger partial charge >= 0.3 is 0 Å². The minimum Gasteiger partial charge on any atom is -0.453 e. The summed E-state index contributed by atoms with van der Waals surface area (Å²) >= 11 is 0. The van der Waals surface area contributed by atoms with Crippen LogP contribution in [0.5, 0.6) is 0 Å². The monoisotopic (exact) mass is 248 g/mol. The average Bonchev–Trinajstić information content (AvgIpc) is 2.67. The van der Waals surface area contributed by atoms with Crippen molar-refractivity contribution >= 4 is 18.3 Å². The highest BCUT2D eigenvalue weighted by Gasteiger charge is 2.09. The van der Waals surface area contributed by atoms with Crippen LogP contribution in [0.15, 0.2) is 16.5 Å². The second-order valence-corrected chi connectivity index (χ2v) is 3.10. The van der Waals surface area contributed by atoms with Crippen LogP contribution in [-0.4, -0.2) is 26.1 Å². The molecule has 3 N–H and O–H groups in total. The summed E-state index contributed by atoms with van der Waals surface area (Å²) in [6, 6.07) is 3.35. The summed E-state index contributed by atoms with van der Waals surface area (Å²) in [7, 11) is 1.57. The molecule has 0 fully saturated rings. The maximum Gasteiger partial charge on any atom is 0.286 e. The molecule has 6 heteroatoms. The van der Waals surface area contributed by atoms with Crippen molar-refractivity contribution in [2.24, 2.45) is 5.73 Å². The zero-order valence-corrected chi connectivity index (χ0v) is 10.0. The van der Waals surface area contributed by atoms with Crippen LogP contribution in [0.4, 0.5) is 0 Å². The van der Waals surface area contributed by atoms with E-state index in [4.69, 9.17) is 14.9 Å². The summed E-state index contributed by atoms with van der Waals surface area (Å²) in [5, 5.41) is 2.70. The van der Waals surface area contributed by atoms with Crippen LogP contribution >= 0.6 is 12.4 Å². The molecule has 0 aliphatic carbocycles. The number of hydrogen-bond donors (Lipinski definition) is 2. The minimum absolute atomic E-state index is 0. The molecule has 0 radical (unpaired) electrons. The third-order valence-electron chi connectivity index (χ3n) is 1.84. The Morgan fingerprint density at radius 2 is 2.31 bits per heavy atom. The molecule has 1 aromatic heterocycles. The standard InChI is InChI=1S/C10H16N2O3.ClH/c1-14-7-8-3-4-9(15-8)10(13)12-6-2-5-11;/h3-4H,2,5-7,11H2,1H3,(H,12,13);1H. The first kappa shape index (κ1) is 15.0. The second-order valence-electron chi connectivity index (χ2n) is 3.10. The van der Waals surface area contributed by atoms with Crippen molar-refractivity contribution in [1.82, 2.24) is 5.32 Å². The van der Waals surface area contributed by atoms with E-state index in [0.29, 0.717) is 31.2 Å². The van der Waals surface area contributed by atoms with Gasteiger partial charge in [0.1, 0.15) is 12.4 Å². The third-order valence-corrected chi connectivity index (χ3v) is 1.84. The van der Waals surface area contributed by atoms with Crippen molar-refractivity contribution < 1.29 is 13.9 Å². The van der Waals surface area contributed by atoms with E-state index in [2.05, 4.69) is 5.32 Å². The smallest absolute Gasteiger partial charge is 0.286 e. The quantitative estimate of drug-likeness (QED) is 0.734. The fourth-order valence-electron chi connectivity index (χ4n) is 1.11. The molecule has 0 atom stereocenters. The van der Waals surface area contributed by atoms with Gasteiger partial charge in [0.2, 0.25) is 0 Å². The van der Waals surface area contributed by atoms with Crippen molar-refractivity contribution in [3.05, 3.63) is 23.7 Å². The van der Waals surface area contributed by atoms with Crippen molar-refractivity contribution in [2.75, 3.05) is 20.2 Å². The van der Waals surface area contributed by atoms with Crippen LogP contribution in [0.1, 0.15) is 22.7 Å². The van der Waals surface area contributed by atoms with E-state index < -0.39 is 0 Å². The Balaban J connectivity index is 0.00000225. The Morgan fingerprint density at radius 3 is 2.94 bits per heavy atom. The predicted molar refractivity (Wildman–Crippen MR) is 62.7 cm³/mol. The van der Waals surface area contributed by atoms with E-state index in [-0.39, 0.29) is 18.3 Å². The van der Waals surface area contributed by atoms with Gasteiger partial charge in [0, 0.05) is 13.7 Å². The molecule has 0 saturated carbocycles. The lowest BCUT2D eigenvalue weighted by Crippen LogP contribution is -2.25. The zero-order chi connectivity index (χ0) is 11.1. The number of ether oxygens (including phenoxy) is 1. The first-order valence-corrected chi connectivity index (χ1v) is 4.84. The Hall–Kier alpha value is -1.04. The summed E-state index contributed by atoms with van der Waals surface area (Å²) < 4.78 is 10.1. The molecule has 0 saturated heterocycles. The Morgan fingerprint density at radius 1 is 1.56 bits per heavy atom. The lowest BCUT2D eigenvalue weighted by atomic mass is 10.4. The van der Waals surface area contributed by atoms with Gasteiger partial charge in [-0.25, -0.2) is 0 Å². The van der Waals surface area contributed by atoms with Gasteiger partial charge in [0.25, 0.3) is 5.91 Å². The number of furan rings is 1. The topological polar surface area (TPSA) is 77.5 Å². The highest BCUT2D eigenvalue weighted by Crippen LogP contribution is 2.08. The van der Waals surface area contributed by atoms with Gasteiger partial charge in [0.15, 0.2) is 5.76 Å². The van der Waals surface area contributed by atoms with E-state index in [1.165, 1.54) is 0 Å². The highest BCUT2D eigenvalue weighted by molar-refractivity contribution is 5.91. The van der Waals surface area contributed by atoms with Crippen molar-refractivity contribution in [2.45, 2.75) is 13.0 Å². The summed E-state index contributed by atoms with van der Waals surface area (Å²) in [6.45, 7) is 1.50. The van der Waals surface area contributed by atoms with Crippen LogP contribution in [0.3, 0.4) is 0 Å². The van der Waals surface area contributed by atoms with Crippen LogP contribution in [0.2, 0.25) is 0 Å². The lowest BCUT2D eigenvalue weighted by Gasteiger charge is -2.00. The minimum atomic E-state index is -0.217. The van der Waals surface area contributed by atoms with E-state index in [1.54, 1.807) is 19.2 Å². The van der Waals surface area contributed by atoms with Crippen LogP contribution in [0, 0.1) is 0 Å². The molecule has 0 bridgehead atoms. The number of carbonyl (C=O) groups is 1. The Bertz CT molecular complexity index is 315. The molecule has 16 heavy (non-hydrogen) atoms. The Kier molecular flexibility index (Phi) is 7.62. The third kappa shape index (κ3) is 4.65. The molecule has 1 heterocycles. The van der Waals surface area contributed by atoms with Gasteiger partial charge in [-0.3, -0.25) is 4.79 Å². The Labute approximate surface area is 101 Å². The van der Waals surface area contributed by atoms with Crippen molar-refractivity contribution in [3.8, 4) is 0 Å². The first-order chi connectivity index (χ1) is 7.27. The number of carbonyl (C=O) groups excluding carboxylic acids is 1. The molecule has 0 aliphatic rings. The van der Waals surface area contributed by atoms with E-state index in [0.717, 1.165) is 6.42 Å². The van der Waals surface area contributed by atoms with E-state index >= 15 is 0 Å². The molecular formula is C10H17ClN2O3. The molecular weight excluding hydrogens is 232 g/mol. The molecule has 0 aromatic carbocycles. The molecule has 0 aliphatic heterocycles. The molecule has 5 nitrogen and oxygen atoms in total. The number of hydrogen-bond acceptors (Lipinski definition) is 4. The number of nitrogens with two attached hydrogens (primary N) is 1. The van der Waals surface area contributed by atoms with Gasteiger partial charge in [-0.1, -0.05) is 0 Å². The van der Waals surface area contributed by atoms with Crippen molar-refractivity contribution in [1.29, 1.82) is 0 Å². The number of methoxy groups -OCH3 is 1. The maximum absolute atomic E-state index is 11.5. The summed E-state index contributed by atoms with van der Waals surface area (Å²) in [6.07, 6.45) is 0.761. The van der Waals surface area contributed by atoms with Crippen molar-refractivity contribution in [3.63, 3.8) is 0 Å². The van der Waals surface area contributed by atoms with Crippen LogP contribution in [0.25, 0.3) is 0 Å². The SMILES string of the molecule is COCc1ccc(C(=O)NCCCN)o1.Cl. The van der Waals surface area contributed by atoms with Gasteiger partial charge < -0.3 is 20.2 Å². The van der Waals surface area contributed by atoms with Gasteiger partial charge in [-0.2, -0.15) is 0 Å². The lowest BCUT2D eigenvalue weighted by molar-refractivity contribution is 0.0917. The number of halogens is 1. The predicted octanol–water partition coefficient (Wildman–Crippen LogP) is 0.926. The molecule has 1 amide bonds. The first-order valence-electron chi connectivity index (χ1n) is 4.84. The van der Waals surface area contributed by atoms with Gasteiger partial charge in [-0.15, -0.1) is 12.4 Å². The molecule has 0 unspecified atom stereocenters. The van der Waals surface area contributed by atoms with Crippen LogP contribution in [-0.2, 0) is 11.3 Å². The fraction of sp³-hybridized carbons (Fsp3) is 0.500. The van der Waals surface area contributed by atoms with E-state index in [1.807, 2.05) is 0 Å². The highest BCUT2D eigenvalue weighted by atomic mass is 35.5. The molecule has 1 aromatic rings. The normalized spacial score (nSPS) is 9.62. The average molecular weight is 249 g/mol. The molecule has 1 rings (SSSR count). The van der Waals surface area contributed by atoms with E-state index in [9.17, 15) is 4.79 Å². The summed E-state index contributed by atoms with van der Waals surface area (Å²) in [5.41, 5.74) is 5.31. The van der Waals surface area contributed by atoms with Crippen LogP contribution < -0.4 is 11.1 Å². The van der Waals surface area contributed by atoms with Gasteiger partial charge in [-0.05, 0) is 25.1 Å². The molecule has 0 spiro atoms. The maximum atomic E-state index is 11.5. The second kappa shape index (κ2) is 8.15. The zero-order valence-electron chi connectivity index (χ0n) is 9.19. The summed E-state index contributed by atoms with van der Waals surface area (Å²) in [5.74, 6) is 0.728. The van der Waals surface area contributed by atoms with Gasteiger partial charge in [0.05, 0.1) is 0 Å². The number of nitrogens with one attached hydrogen (secondary N) is 1. The molecule has 92 valence electrons. The fourth-order valence-corrected chi connectivity index (χ4v) is 1.11. The summed E-state index contributed by atoms with van der Waals surface area (Å²) in [4.78, 5) is 11.5. The largest absolute Gasteiger partial charge is 0.453 e. The number of rotatable bonds is 6. The number of amides is 1.